The smallest absolute Gasteiger partial charge is 0.309 e. The zero-order valence-corrected chi connectivity index (χ0v) is 13.8. The Kier molecular flexibility index (Phi) is 4.66. The van der Waals surface area contributed by atoms with Gasteiger partial charge in [0.25, 0.3) is 5.91 Å². The summed E-state index contributed by atoms with van der Waals surface area (Å²) in [5, 5.41) is 9.35. The van der Waals surface area contributed by atoms with Crippen molar-refractivity contribution < 1.29 is 14.7 Å². The summed E-state index contributed by atoms with van der Waals surface area (Å²) in [5.74, 6) is -0.996. The maximum atomic E-state index is 12.5. The van der Waals surface area contributed by atoms with Crippen LogP contribution >= 0.6 is 15.9 Å². The SMILES string of the molecule is CC(C)(C(=O)O)C1CCCN(C(=O)c2cccc(Br)n2)C1. The van der Waals surface area contributed by atoms with Crippen molar-refractivity contribution in [1.29, 1.82) is 0 Å². The van der Waals surface area contributed by atoms with Gasteiger partial charge in [0, 0.05) is 13.1 Å². The Hall–Kier alpha value is -1.43. The highest BCUT2D eigenvalue weighted by atomic mass is 79.9. The number of aromatic nitrogens is 1. The Bertz CT molecular complexity index is 560. The van der Waals surface area contributed by atoms with Gasteiger partial charge in [-0.25, -0.2) is 4.98 Å². The minimum atomic E-state index is -0.830. The van der Waals surface area contributed by atoms with Crippen LogP contribution in [0.25, 0.3) is 0 Å². The first-order valence-corrected chi connectivity index (χ1v) is 7.77. The first kappa shape index (κ1) is 15.9. The van der Waals surface area contributed by atoms with Gasteiger partial charge in [0.2, 0.25) is 0 Å². The van der Waals surface area contributed by atoms with Crippen molar-refractivity contribution in [2.24, 2.45) is 11.3 Å². The van der Waals surface area contributed by atoms with Crippen LogP contribution in [0.15, 0.2) is 22.8 Å². The van der Waals surface area contributed by atoms with Gasteiger partial charge >= 0.3 is 5.97 Å². The molecule has 1 fully saturated rings. The molecule has 1 N–H and O–H groups in total. The van der Waals surface area contributed by atoms with Crippen LogP contribution in [0.5, 0.6) is 0 Å². The number of carboxylic acid groups (broad SMARTS) is 1. The number of hydrogen-bond acceptors (Lipinski definition) is 3. The normalized spacial score (nSPS) is 19.4. The molecule has 1 aliphatic rings. The quantitative estimate of drug-likeness (QED) is 0.847. The number of aliphatic carboxylic acids is 1. The lowest BCUT2D eigenvalue weighted by atomic mass is 9.74. The third-order valence-corrected chi connectivity index (χ3v) is 4.66. The minimum Gasteiger partial charge on any atom is -0.481 e. The average Bonchev–Trinajstić information content (AvgIpc) is 2.46. The summed E-state index contributed by atoms with van der Waals surface area (Å²) in [4.78, 5) is 29.8. The molecule has 1 aromatic rings. The van der Waals surface area contributed by atoms with E-state index in [4.69, 9.17) is 0 Å². The lowest BCUT2D eigenvalue weighted by Crippen LogP contribution is -2.47. The largest absolute Gasteiger partial charge is 0.481 e. The lowest BCUT2D eigenvalue weighted by Gasteiger charge is -2.39. The zero-order chi connectivity index (χ0) is 15.6. The van der Waals surface area contributed by atoms with Gasteiger partial charge in [-0.3, -0.25) is 9.59 Å². The summed E-state index contributed by atoms with van der Waals surface area (Å²) in [6.07, 6.45) is 1.65. The van der Waals surface area contributed by atoms with Crippen LogP contribution in [0.4, 0.5) is 0 Å². The molecule has 0 saturated carbocycles. The van der Waals surface area contributed by atoms with Crippen molar-refractivity contribution in [2.75, 3.05) is 13.1 Å². The van der Waals surface area contributed by atoms with E-state index in [-0.39, 0.29) is 11.8 Å². The predicted molar refractivity (Wildman–Crippen MR) is 82.0 cm³/mol. The number of halogens is 1. The summed E-state index contributed by atoms with van der Waals surface area (Å²) in [5.41, 5.74) is -0.443. The molecule has 21 heavy (non-hydrogen) atoms. The summed E-state index contributed by atoms with van der Waals surface area (Å²) >= 11 is 3.26. The molecular formula is C15H19BrN2O3. The number of piperidine rings is 1. The van der Waals surface area contributed by atoms with E-state index >= 15 is 0 Å². The van der Waals surface area contributed by atoms with E-state index in [2.05, 4.69) is 20.9 Å². The summed E-state index contributed by atoms with van der Waals surface area (Å²) in [6, 6.07) is 5.22. The summed E-state index contributed by atoms with van der Waals surface area (Å²) in [7, 11) is 0. The maximum Gasteiger partial charge on any atom is 0.309 e. The molecule has 2 rings (SSSR count). The van der Waals surface area contributed by atoms with Crippen molar-refractivity contribution in [3.8, 4) is 0 Å². The molecule has 5 nitrogen and oxygen atoms in total. The van der Waals surface area contributed by atoms with Crippen LogP contribution in [0.2, 0.25) is 0 Å². The minimum absolute atomic E-state index is 0.0418. The second kappa shape index (κ2) is 6.13. The Labute approximate surface area is 132 Å². The van der Waals surface area contributed by atoms with Gasteiger partial charge in [0.05, 0.1) is 5.41 Å². The number of carbonyl (C=O) groups is 2. The Balaban J connectivity index is 2.14. The standard InChI is InChI=1S/C15H19BrN2O3/c1-15(2,14(20)21)10-5-4-8-18(9-10)13(19)11-6-3-7-12(16)17-11/h3,6-7,10H,4-5,8-9H2,1-2H3,(H,20,21). The van der Waals surface area contributed by atoms with Gasteiger partial charge in [-0.05, 0) is 60.7 Å². The highest BCUT2D eigenvalue weighted by Gasteiger charge is 2.40. The molecule has 2 heterocycles. The second-order valence-corrected chi connectivity index (χ2v) is 6.78. The summed E-state index contributed by atoms with van der Waals surface area (Å²) in [6.45, 7) is 4.57. The Morgan fingerprint density at radius 2 is 2.14 bits per heavy atom. The van der Waals surface area contributed by atoms with Gasteiger partial charge in [0.15, 0.2) is 0 Å². The van der Waals surface area contributed by atoms with E-state index in [1.165, 1.54) is 0 Å². The molecule has 0 aliphatic carbocycles. The van der Waals surface area contributed by atoms with Crippen molar-refractivity contribution in [1.82, 2.24) is 9.88 Å². The Morgan fingerprint density at radius 3 is 2.76 bits per heavy atom. The van der Waals surface area contributed by atoms with Crippen LogP contribution in [-0.2, 0) is 4.79 Å². The number of rotatable bonds is 3. The van der Waals surface area contributed by atoms with Gasteiger partial charge in [0.1, 0.15) is 10.3 Å². The number of likely N-dealkylation sites (tertiary alicyclic amines) is 1. The maximum absolute atomic E-state index is 12.5. The molecule has 114 valence electrons. The molecule has 0 radical (unpaired) electrons. The van der Waals surface area contributed by atoms with E-state index in [1.807, 2.05) is 0 Å². The fourth-order valence-electron chi connectivity index (χ4n) is 2.61. The fraction of sp³-hybridized carbons (Fsp3) is 0.533. The molecule has 0 spiro atoms. The topological polar surface area (TPSA) is 70.5 Å². The number of carbonyl (C=O) groups excluding carboxylic acids is 1. The van der Waals surface area contributed by atoms with Crippen LogP contribution in [0.1, 0.15) is 37.2 Å². The second-order valence-electron chi connectivity index (χ2n) is 5.96. The van der Waals surface area contributed by atoms with E-state index in [0.29, 0.717) is 23.4 Å². The zero-order valence-electron chi connectivity index (χ0n) is 12.2. The molecule has 0 aromatic carbocycles. The van der Waals surface area contributed by atoms with Crippen LogP contribution in [-0.4, -0.2) is 40.0 Å². The first-order valence-electron chi connectivity index (χ1n) is 6.97. The first-order chi connectivity index (χ1) is 9.82. The van der Waals surface area contributed by atoms with Gasteiger partial charge < -0.3 is 10.0 Å². The van der Waals surface area contributed by atoms with Gasteiger partial charge in [-0.2, -0.15) is 0 Å². The Morgan fingerprint density at radius 1 is 1.43 bits per heavy atom. The third-order valence-electron chi connectivity index (χ3n) is 4.21. The number of pyridine rings is 1. The van der Waals surface area contributed by atoms with E-state index in [0.717, 1.165) is 12.8 Å². The van der Waals surface area contributed by atoms with Crippen molar-refractivity contribution in [2.45, 2.75) is 26.7 Å². The highest BCUT2D eigenvalue weighted by Crippen LogP contribution is 2.34. The van der Waals surface area contributed by atoms with E-state index in [1.54, 1.807) is 36.9 Å². The average molecular weight is 355 g/mol. The number of nitrogens with zero attached hydrogens (tertiary/aromatic N) is 2. The number of hydrogen-bond donors (Lipinski definition) is 1. The van der Waals surface area contributed by atoms with Crippen LogP contribution in [0, 0.1) is 11.3 Å². The molecule has 6 heteroatoms. The van der Waals surface area contributed by atoms with Crippen LogP contribution in [0.3, 0.4) is 0 Å². The monoisotopic (exact) mass is 354 g/mol. The van der Waals surface area contributed by atoms with Crippen molar-refractivity contribution in [3.05, 3.63) is 28.5 Å². The molecule has 0 bridgehead atoms. The lowest BCUT2D eigenvalue weighted by molar-refractivity contribution is -0.151. The molecule has 1 aliphatic heterocycles. The molecule has 1 saturated heterocycles. The van der Waals surface area contributed by atoms with Crippen molar-refractivity contribution in [3.63, 3.8) is 0 Å². The van der Waals surface area contributed by atoms with Gasteiger partial charge in [-0.1, -0.05) is 6.07 Å². The van der Waals surface area contributed by atoms with Crippen molar-refractivity contribution >= 4 is 27.8 Å². The number of carboxylic acids is 1. The fourth-order valence-corrected chi connectivity index (χ4v) is 2.96. The molecular weight excluding hydrogens is 336 g/mol. The number of amides is 1. The molecule has 1 amide bonds. The molecule has 1 aromatic heterocycles. The summed E-state index contributed by atoms with van der Waals surface area (Å²) < 4.78 is 0.618. The molecule has 1 atom stereocenters. The predicted octanol–water partition coefficient (Wildman–Crippen LogP) is 2.81. The third kappa shape index (κ3) is 3.43. The van der Waals surface area contributed by atoms with Crippen LogP contribution < -0.4 is 0 Å². The van der Waals surface area contributed by atoms with E-state index in [9.17, 15) is 14.7 Å². The van der Waals surface area contributed by atoms with Gasteiger partial charge in [-0.15, -0.1) is 0 Å². The highest BCUT2D eigenvalue weighted by molar-refractivity contribution is 9.10. The van der Waals surface area contributed by atoms with E-state index < -0.39 is 11.4 Å². The molecule has 1 unspecified atom stereocenters.